The predicted octanol–water partition coefficient (Wildman–Crippen LogP) is 3.41. The van der Waals surface area contributed by atoms with Crippen molar-refractivity contribution in [2.24, 2.45) is 11.8 Å². The minimum Gasteiger partial charge on any atom is -0.477 e. The van der Waals surface area contributed by atoms with E-state index in [1.165, 1.54) is 17.8 Å². The maximum Gasteiger partial charge on any atom is 0.342 e. The summed E-state index contributed by atoms with van der Waals surface area (Å²) in [6, 6.07) is 0. The van der Waals surface area contributed by atoms with Gasteiger partial charge in [-0.25, -0.2) is 9.59 Å². The number of hydrogen-bond acceptors (Lipinski definition) is 4. The van der Waals surface area contributed by atoms with E-state index in [9.17, 15) is 9.59 Å². The van der Waals surface area contributed by atoms with Gasteiger partial charge in [0.05, 0.1) is 4.08 Å². The smallest absolute Gasteiger partial charge is 0.342 e. The molecule has 1 atom stereocenters. The van der Waals surface area contributed by atoms with E-state index in [1.807, 2.05) is 19.3 Å². The van der Waals surface area contributed by atoms with Gasteiger partial charge in [0.15, 0.2) is 0 Å². The molecule has 0 aromatic heterocycles. The maximum atomic E-state index is 11.0. The van der Waals surface area contributed by atoms with Crippen LogP contribution in [0.4, 0.5) is 0 Å². The van der Waals surface area contributed by atoms with E-state index in [4.69, 9.17) is 10.2 Å². The molecule has 1 rings (SSSR count). The van der Waals surface area contributed by atoms with E-state index >= 15 is 0 Å². The van der Waals surface area contributed by atoms with E-state index in [0.29, 0.717) is 5.92 Å². The minimum absolute atomic E-state index is 0.115. The highest BCUT2D eigenvalue weighted by atomic mass is 32.2. The number of carbonyl (C=O) groups is 2. The van der Waals surface area contributed by atoms with Crippen LogP contribution < -0.4 is 0 Å². The fourth-order valence-electron chi connectivity index (χ4n) is 1.54. The molecule has 0 saturated heterocycles. The molecule has 0 aromatic carbocycles. The molecule has 0 amide bonds. The van der Waals surface area contributed by atoms with Crippen LogP contribution in [0.15, 0.2) is 22.0 Å². The molecule has 2 N–H and O–H groups in total. The second-order valence-electron chi connectivity index (χ2n) is 4.94. The van der Waals surface area contributed by atoms with Gasteiger partial charge >= 0.3 is 11.9 Å². The topological polar surface area (TPSA) is 74.6 Å². The lowest BCUT2D eigenvalue weighted by Crippen LogP contribution is -2.26. The summed E-state index contributed by atoms with van der Waals surface area (Å²) >= 11 is 3.05. The van der Waals surface area contributed by atoms with Crippen LogP contribution in [0.5, 0.6) is 0 Å². The molecule has 0 aromatic rings. The van der Waals surface area contributed by atoms with Crippen LogP contribution in [0.1, 0.15) is 27.7 Å². The van der Waals surface area contributed by atoms with Crippen molar-refractivity contribution in [3.05, 3.63) is 22.0 Å². The Balaban J connectivity index is 3.15. The van der Waals surface area contributed by atoms with Gasteiger partial charge in [0.25, 0.3) is 0 Å². The van der Waals surface area contributed by atoms with Gasteiger partial charge in [-0.1, -0.05) is 27.7 Å². The standard InChI is InChI=1S/C13H18O4S2/c1-7(2)10-6-18-13(19-10,8(3)4)5-9(11(14)15)12(16)17/h5-8H,1-4H3,(H,14,15)(H,16,17). The number of hydrogen-bond donors (Lipinski definition) is 2. The van der Waals surface area contributed by atoms with Crippen molar-refractivity contribution in [3.8, 4) is 0 Å². The number of carboxylic acids is 2. The summed E-state index contributed by atoms with van der Waals surface area (Å²) in [7, 11) is 0. The molecule has 4 nitrogen and oxygen atoms in total. The normalized spacial score (nSPS) is 22.5. The van der Waals surface area contributed by atoms with E-state index in [1.54, 1.807) is 11.8 Å². The summed E-state index contributed by atoms with van der Waals surface area (Å²) in [5.41, 5.74) is -0.563. The second-order valence-corrected chi connectivity index (χ2v) is 7.70. The van der Waals surface area contributed by atoms with Crippen LogP contribution in [0.2, 0.25) is 0 Å². The average molecular weight is 302 g/mol. The summed E-state index contributed by atoms with van der Waals surface area (Å²) in [5.74, 6) is -2.33. The van der Waals surface area contributed by atoms with Gasteiger partial charge < -0.3 is 10.2 Å². The number of rotatable bonds is 5. The van der Waals surface area contributed by atoms with Gasteiger partial charge in [-0.05, 0) is 28.2 Å². The van der Waals surface area contributed by atoms with E-state index in [2.05, 4.69) is 13.8 Å². The average Bonchev–Trinajstić information content (AvgIpc) is 2.70. The van der Waals surface area contributed by atoms with Crippen molar-refractivity contribution in [3.63, 3.8) is 0 Å². The van der Waals surface area contributed by atoms with E-state index < -0.39 is 21.6 Å². The van der Waals surface area contributed by atoms with Gasteiger partial charge in [0.1, 0.15) is 5.57 Å². The van der Waals surface area contributed by atoms with Gasteiger partial charge in [-0.2, -0.15) is 0 Å². The molecule has 0 fully saturated rings. The van der Waals surface area contributed by atoms with Crippen molar-refractivity contribution in [1.29, 1.82) is 0 Å². The lowest BCUT2D eigenvalue weighted by Gasteiger charge is -2.29. The first kappa shape index (κ1) is 16.2. The summed E-state index contributed by atoms with van der Waals surface area (Å²) in [6.07, 6.45) is 1.38. The fourth-order valence-corrected chi connectivity index (χ4v) is 4.55. The molecule has 1 unspecified atom stereocenters. The highest BCUT2D eigenvalue weighted by Gasteiger charge is 2.40. The third-order valence-electron chi connectivity index (χ3n) is 2.82. The van der Waals surface area contributed by atoms with Crippen molar-refractivity contribution in [2.45, 2.75) is 31.8 Å². The van der Waals surface area contributed by atoms with Gasteiger partial charge in [0.2, 0.25) is 0 Å². The first-order valence-corrected chi connectivity index (χ1v) is 7.65. The number of thioether (sulfide) groups is 2. The van der Waals surface area contributed by atoms with Crippen LogP contribution >= 0.6 is 23.5 Å². The molecule has 6 heteroatoms. The number of allylic oxidation sites excluding steroid dienone is 1. The lowest BCUT2D eigenvalue weighted by molar-refractivity contribution is -0.140. The zero-order valence-corrected chi connectivity index (χ0v) is 13.0. The Morgan fingerprint density at radius 2 is 1.74 bits per heavy atom. The first-order valence-electron chi connectivity index (χ1n) is 5.96. The van der Waals surface area contributed by atoms with Crippen LogP contribution in [-0.4, -0.2) is 26.2 Å². The maximum absolute atomic E-state index is 11.0. The van der Waals surface area contributed by atoms with Crippen LogP contribution in [0.25, 0.3) is 0 Å². The molecule has 0 saturated carbocycles. The third kappa shape index (κ3) is 3.57. The fraction of sp³-hybridized carbons (Fsp3) is 0.538. The molecule has 0 spiro atoms. The van der Waals surface area contributed by atoms with Crippen molar-refractivity contribution in [1.82, 2.24) is 0 Å². The van der Waals surface area contributed by atoms with Gasteiger partial charge in [-0.3, -0.25) is 0 Å². The molecule has 1 heterocycles. The Hall–Kier alpha value is -0.880. The van der Waals surface area contributed by atoms with E-state index in [0.717, 1.165) is 4.91 Å². The Kier molecular flexibility index (Phi) is 5.15. The zero-order valence-electron chi connectivity index (χ0n) is 11.3. The number of aliphatic carboxylic acids is 2. The predicted molar refractivity (Wildman–Crippen MR) is 79.0 cm³/mol. The highest BCUT2D eigenvalue weighted by Crippen LogP contribution is 2.56. The lowest BCUT2D eigenvalue weighted by atomic mass is 10.1. The number of carboxylic acid groups (broad SMARTS) is 2. The molecular weight excluding hydrogens is 284 g/mol. The van der Waals surface area contributed by atoms with E-state index in [-0.39, 0.29) is 5.92 Å². The Morgan fingerprint density at radius 3 is 2.05 bits per heavy atom. The molecule has 106 valence electrons. The summed E-state index contributed by atoms with van der Waals surface area (Å²) in [5, 5.41) is 20.0. The zero-order chi connectivity index (χ0) is 14.8. The molecule has 0 bridgehead atoms. The molecule has 19 heavy (non-hydrogen) atoms. The van der Waals surface area contributed by atoms with Crippen LogP contribution in [-0.2, 0) is 9.59 Å². The monoisotopic (exact) mass is 302 g/mol. The highest BCUT2D eigenvalue weighted by molar-refractivity contribution is 8.24. The summed E-state index contributed by atoms with van der Waals surface area (Å²) in [4.78, 5) is 23.2. The Morgan fingerprint density at radius 1 is 1.21 bits per heavy atom. The molecule has 0 aliphatic carbocycles. The van der Waals surface area contributed by atoms with Crippen molar-refractivity contribution < 1.29 is 19.8 Å². The first-order chi connectivity index (χ1) is 8.69. The SMILES string of the molecule is CC(C)C1=CSC(C=C(C(=O)O)C(=O)O)(C(C)C)S1. The van der Waals surface area contributed by atoms with Crippen molar-refractivity contribution >= 4 is 35.5 Å². The largest absolute Gasteiger partial charge is 0.477 e. The Bertz CT molecular complexity index is 436. The molecule has 1 aliphatic rings. The quantitative estimate of drug-likeness (QED) is 0.460. The van der Waals surface area contributed by atoms with Crippen molar-refractivity contribution in [2.75, 3.05) is 0 Å². The van der Waals surface area contributed by atoms with Crippen LogP contribution in [0.3, 0.4) is 0 Å². The Labute approximate surface area is 121 Å². The minimum atomic E-state index is -1.40. The molecular formula is C13H18O4S2. The second kappa shape index (κ2) is 6.05. The summed E-state index contributed by atoms with van der Waals surface area (Å²) in [6.45, 7) is 8.06. The molecule has 0 radical (unpaired) electrons. The summed E-state index contributed by atoms with van der Waals surface area (Å²) < 4.78 is -0.550. The molecule has 1 aliphatic heterocycles. The van der Waals surface area contributed by atoms with Crippen LogP contribution in [0, 0.1) is 11.8 Å². The third-order valence-corrected chi connectivity index (χ3v) is 6.57. The van der Waals surface area contributed by atoms with Gasteiger partial charge in [0, 0.05) is 0 Å². The van der Waals surface area contributed by atoms with Gasteiger partial charge in [-0.15, -0.1) is 23.5 Å².